The topological polar surface area (TPSA) is 58.1 Å². The van der Waals surface area contributed by atoms with Crippen LogP contribution in [0.1, 0.15) is 10.5 Å². The second-order valence-corrected chi connectivity index (χ2v) is 2.96. The van der Waals surface area contributed by atoms with Crippen molar-refractivity contribution in [1.29, 1.82) is 0 Å². The third-order valence-electron chi connectivity index (χ3n) is 1.19. The number of aromatic nitrogens is 2. The Kier molecular flexibility index (Phi) is 3.16. The van der Waals surface area contributed by atoms with Gasteiger partial charge in [-0.25, -0.2) is 5.01 Å². The van der Waals surface area contributed by atoms with Crippen LogP contribution in [0.2, 0.25) is 5.15 Å². The fourth-order valence-corrected chi connectivity index (χ4v) is 0.798. The van der Waals surface area contributed by atoms with E-state index in [9.17, 15) is 4.79 Å². The maximum absolute atomic E-state index is 11.3. The number of nitrogens with one attached hydrogen (secondary N) is 1. The van der Waals surface area contributed by atoms with Gasteiger partial charge in [0.2, 0.25) is 0 Å². The fourth-order valence-electron chi connectivity index (χ4n) is 0.697. The maximum atomic E-state index is 11.3. The summed E-state index contributed by atoms with van der Waals surface area (Å²) in [4.78, 5) is 11.3. The second kappa shape index (κ2) is 4.15. The van der Waals surface area contributed by atoms with E-state index in [0.29, 0.717) is 0 Å². The Hall–Kier alpha value is -1.20. The zero-order valence-electron chi connectivity index (χ0n) is 7.28. The Balaban J connectivity index is 2.72. The van der Waals surface area contributed by atoms with Crippen LogP contribution in [0.15, 0.2) is 12.1 Å². The van der Waals surface area contributed by atoms with Crippen LogP contribution in [0.5, 0.6) is 0 Å². The van der Waals surface area contributed by atoms with Crippen LogP contribution in [0.4, 0.5) is 0 Å². The molecular weight excluding hydrogens is 192 g/mol. The number of carbonyl (C=O) groups is 1. The van der Waals surface area contributed by atoms with Crippen LogP contribution in [0.25, 0.3) is 0 Å². The summed E-state index contributed by atoms with van der Waals surface area (Å²) in [5, 5.41) is 8.95. The molecule has 0 aliphatic rings. The summed E-state index contributed by atoms with van der Waals surface area (Å²) < 4.78 is 0. The van der Waals surface area contributed by atoms with E-state index in [0.717, 1.165) is 0 Å². The maximum Gasteiger partial charge on any atom is 0.286 e. The van der Waals surface area contributed by atoms with Gasteiger partial charge in [0.1, 0.15) is 0 Å². The van der Waals surface area contributed by atoms with E-state index in [4.69, 9.17) is 11.6 Å². The molecule has 13 heavy (non-hydrogen) atoms. The summed E-state index contributed by atoms with van der Waals surface area (Å²) in [6.45, 7) is 0. The van der Waals surface area contributed by atoms with E-state index in [1.165, 1.54) is 17.1 Å². The molecule has 5 nitrogen and oxygen atoms in total. The third kappa shape index (κ3) is 2.96. The largest absolute Gasteiger partial charge is 0.286 e. The van der Waals surface area contributed by atoms with Gasteiger partial charge in [-0.15, -0.1) is 10.2 Å². The summed E-state index contributed by atoms with van der Waals surface area (Å²) in [5.74, 6) is -0.311. The fraction of sp³-hybridized carbons (Fsp3) is 0.286. The van der Waals surface area contributed by atoms with Gasteiger partial charge in [-0.3, -0.25) is 10.2 Å². The van der Waals surface area contributed by atoms with Crippen LogP contribution >= 0.6 is 11.6 Å². The van der Waals surface area contributed by atoms with Gasteiger partial charge in [0.15, 0.2) is 10.8 Å². The highest BCUT2D eigenvalue weighted by Crippen LogP contribution is 2.01. The highest BCUT2D eigenvalue weighted by molar-refractivity contribution is 6.29. The van der Waals surface area contributed by atoms with Crippen molar-refractivity contribution >= 4 is 17.5 Å². The number of carbonyl (C=O) groups excluding carboxylic acids is 1. The Morgan fingerprint density at radius 1 is 1.46 bits per heavy atom. The number of hydrazine groups is 1. The van der Waals surface area contributed by atoms with Crippen LogP contribution in [0.3, 0.4) is 0 Å². The van der Waals surface area contributed by atoms with Crippen molar-refractivity contribution in [2.24, 2.45) is 0 Å². The molecule has 0 spiro atoms. The predicted octanol–water partition coefficient (Wildman–Crippen LogP) is 0.336. The molecule has 0 fully saturated rings. The highest BCUT2D eigenvalue weighted by atomic mass is 35.5. The third-order valence-corrected chi connectivity index (χ3v) is 1.39. The molecule has 0 radical (unpaired) electrons. The summed E-state index contributed by atoms with van der Waals surface area (Å²) >= 11 is 5.51. The number of amides is 1. The molecule has 0 aliphatic carbocycles. The monoisotopic (exact) mass is 200 g/mol. The minimum absolute atomic E-state index is 0.234. The zero-order valence-corrected chi connectivity index (χ0v) is 8.04. The molecule has 0 saturated heterocycles. The van der Waals surface area contributed by atoms with Crippen molar-refractivity contribution in [2.45, 2.75) is 0 Å². The molecule has 0 aliphatic heterocycles. The molecule has 70 valence electrons. The highest BCUT2D eigenvalue weighted by Gasteiger charge is 2.07. The first-order valence-electron chi connectivity index (χ1n) is 3.57. The number of hydrogen-bond donors (Lipinski definition) is 1. The molecule has 0 atom stereocenters. The molecule has 1 N–H and O–H groups in total. The molecule has 1 aromatic heterocycles. The van der Waals surface area contributed by atoms with Crippen molar-refractivity contribution in [3.63, 3.8) is 0 Å². The van der Waals surface area contributed by atoms with Crippen molar-refractivity contribution in [1.82, 2.24) is 20.6 Å². The van der Waals surface area contributed by atoms with Gasteiger partial charge in [0.05, 0.1) is 0 Å². The Morgan fingerprint density at radius 2 is 2.15 bits per heavy atom. The van der Waals surface area contributed by atoms with Crippen molar-refractivity contribution < 1.29 is 4.79 Å². The summed E-state index contributed by atoms with van der Waals surface area (Å²) in [5.41, 5.74) is 2.76. The van der Waals surface area contributed by atoms with E-state index < -0.39 is 0 Å². The van der Waals surface area contributed by atoms with E-state index in [1.54, 1.807) is 14.1 Å². The first-order valence-corrected chi connectivity index (χ1v) is 3.95. The molecule has 1 aromatic rings. The van der Waals surface area contributed by atoms with Crippen LogP contribution in [-0.2, 0) is 0 Å². The number of halogens is 1. The normalized spacial score (nSPS) is 10.2. The number of hydrogen-bond acceptors (Lipinski definition) is 4. The average Bonchev–Trinajstić information content (AvgIpc) is 2.04. The summed E-state index contributed by atoms with van der Waals surface area (Å²) in [6, 6.07) is 3.02. The molecule has 0 unspecified atom stereocenters. The molecule has 0 aromatic carbocycles. The Morgan fingerprint density at radius 3 is 2.62 bits per heavy atom. The molecule has 1 amide bonds. The minimum Gasteiger partial charge on any atom is -0.284 e. The van der Waals surface area contributed by atoms with Crippen molar-refractivity contribution in [3.05, 3.63) is 23.0 Å². The molecule has 6 heteroatoms. The van der Waals surface area contributed by atoms with Crippen LogP contribution in [0, 0.1) is 0 Å². The molecule has 0 saturated carbocycles. The minimum atomic E-state index is -0.311. The number of nitrogens with zero attached hydrogens (tertiary/aromatic N) is 3. The first kappa shape index (κ1) is 9.88. The van der Waals surface area contributed by atoms with Gasteiger partial charge in [0.25, 0.3) is 5.91 Å². The first-order chi connectivity index (χ1) is 6.09. The van der Waals surface area contributed by atoms with Gasteiger partial charge in [-0.1, -0.05) is 11.6 Å². The molecule has 1 rings (SSSR count). The van der Waals surface area contributed by atoms with Gasteiger partial charge >= 0.3 is 0 Å². The average molecular weight is 201 g/mol. The van der Waals surface area contributed by atoms with Crippen LogP contribution < -0.4 is 5.43 Å². The lowest BCUT2D eigenvalue weighted by Gasteiger charge is -2.10. The second-order valence-electron chi connectivity index (χ2n) is 2.58. The summed E-state index contributed by atoms with van der Waals surface area (Å²) in [7, 11) is 3.42. The van der Waals surface area contributed by atoms with E-state index in [2.05, 4.69) is 15.6 Å². The quantitative estimate of drug-likeness (QED) is 0.700. The van der Waals surface area contributed by atoms with Crippen molar-refractivity contribution in [2.75, 3.05) is 14.1 Å². The van der Waals surface area contributed by atoms with Crippen LogP contribution in [-0.4, -0.2) is 35.2 Å². The Labute approximate surface area is 80.7 Å². The lowest BCUT2D eigenvalue weighted by molar-refractivity contribution is 0.0850. The van der Waals surface area contributed by atoms with Gasteiger partial charge in [0, 0.05) is 14.1 Å². The Bertz CT molecular complexity index is 298. The number of rotatable bonds is 2. The molecule has 1 heterocycles. The SMILES string of the molecule is CN(C)NC(=O)c1ccc(Cl)nn1. The smallest absolute Gasteiger partial charge is 0.284 e. The van der Waals surface area contributed by atoms with E-state index in [-0.39, 0.29) is 16.8 Å². The zero-order chi connectivity index (χ0) is 9.84. The standard InChI is InChI=1S/C7H9ClN4O/c1-12(2)11-7(13)5-3-4-6(8)10-9-5/h3-4H,1-2H3,(H,11,13). The van der Waals surface area contributed by atoms with Gasteiger partial charge < -0.3 is 0 Å². The van der Waals surface area contributed by atoms with Crippen molar-refractivity contribution in [3.8, 4) is 0 Å². The lowest BCUT2D eigenvalue weighted by Crippen LogP contribution is -2.36. The van der Waals surface area contributed by atoms with Gasteiger partial charge in [-0.05, 0) is 12.1 Å². The van der Waals surface area contributed by atoms with E-state index >= 15 is 0 Å². The van der Waals surface area contributed by atoms with E-state index in [1.807, 2.05) is 0 Å². The molecular formula is C7H9ClN4O. The predicted molar refractivity (Wildman–Crippen MR) is 48.2 cm³/mol. The van der Waals surface area contributed by atoms with Gasteiger partial charge in [-0.2, -0.15) is 0 Å². The molecule has 0 bridgehead atoms. The summed E-state index contributed by atoms with van der Waals surface area (Å²) in [6.07, 6.45) is 0. The lowest BCUT2D eigenvalue weighted by atomic mass is 10.4.